The smallest absolute Gasteiger partial charge is 0.311 e. The molecule has 0 saturated heterocycles. The van der Waals surface area contributed by atoms with Crippen LogP contribution in [0.5, 0.6) is 5.75 Å². The molecule has 0 fully saturated rings. The predicted octanol–water partition coefficient (Wildman–Crippen LogP) is 3.70. The first-order valence-electron chi connectivity index (χ1n) is 4.29. The van der Waals surface area contributed by atoms with E-state index in [1.54, 1.807) is 12.1 Å². The second-order valence-corrected chi connectivity index (χ2v) is 3.64. The predicted molar refractivity (Wildman–Crippen MR) is 57.0 cm³/mol. The van der Waals surface area contributed by atoms with Crippen molar-refractivity contribution in [3.63, 3.8) is 0 Å². The Balaban J connectivity index is 2.75. The average Bonchev–Trinajstić information content (AvgIpc) is 2.12. The van der Waals surface area contributed by atoms with E-state index in [0.29, 0.717) is 22.2 Å². The van der Waals surface area contributed by atoms with Crippen molar-refractivity contribution in [1.29, 1.82) is 0 Å². The summed E-state index contributed by atoms with van der Waals surface area (Å²) in [5, 5.41) is 0.882. The Morgan fingerprint density at radius 2 is 2.14 bits per heavy atom. The normalized spacial score (nSPS) is 9.93. The van der Waals surface area contributed by atoms with Gasteiger partial charge in [0.05, 0.1) is 5.02 Å². The Hall–Kier alpha value is -0.730. The van der Waals surface area contributed by atoms with Crippen LogP contribution in [-0.4, -0.2) is 5.97 Å². The quantitative estimate of drug-likeness (QED) is 0.587. The summed E-state index contributed by atoms with van der Waals surface area (Å²) >= 11 is 11.5. The lowest BCUT2D eigenvalue weighted by atomic mass is 10.3. The summed E-state index contributed by atoms with van der Waals surface area (Å²) in [6.07, 6.45) is 1.12. The van der Waals surface area contributed by atoms with Crippen LogP contribution in [0.25, 0.3) is 0 Å². The maximum absolute atomic E-state index is 11.2. The monoisotopic (exact) mass is 232 g/mol. The molecule has 0 aliphatic heterocycles. The molecule has 0 spiro atoms. The van der Waals surface area contributed by atoms with Crippen molar-refractivity contribution in [2.24, 2.45) is 0 Å². The molecule has 0 heterocycles. The maximum atomic E-state index is 11.2. The third-order valence-electron chi connectivity index (χ3n) is 1.57. The molecule has 0 aromatic heterocycles. The van der Waals surface area contributed by atoms with E-state index in [9.17, 15) is 4.79 Å². The maximum Gasteiger partial charge on any atom is 0.311 e. The van der Waals surface area contributed by atoms with Gasteiger partial charge in [-0.15, -0.1) is 0 Å². The SMILES string of the molecule is CCCC(=O)Oc1cc(Cl)ccc1Cl. The van der Waals surface area contributed by atoms with Crippen LogP contribution in [0.2, 0.25) is 10.0 Å². The molecule has 0 saturated carbocycles. The largest absolute Gasteiger partial charge is 0.425 e. The Bertz CT molecular complexity index is 337. The average molecular weight is 233 g/mol. The van der Waals surface area contributed by atoms with Gasteiger partial charge in [0.1, 0.15) is 0 Å². The third kappa shape index (κ3) is 3.20. The van der Waals surface area contributed by atoms with E-state index in [1.165, 1.54) is 6.07 Å². The molecular weight excluding hydrogens is 223 g/mol. The molecule has 14 heavy (non-hydrogen) atoms. The van der Waals surface area contributed by atoms with Crippen LogP contribution in [0.4, 0.5) is 0 Å². The standard InChI is InChI=1S/C10H10Cl2O2/c1-2-3-10(13)14-9-6-7(11)4-5-8(9)12/h4-6H,2-3H2,1H3. The minimum atomic E-state index is -0.295. The van der Waals surface area contributed by atoms with E-state index < -0.39 is 0 Å². The second kappa shape index (κ2) is 5.23. The van der Waals surface area contributed by atoms with Crippen molar-refractivity contribution in [2.45, 2.75) is 19.8 Å². The summed E-state index contributed by atoms with van der Waals surface area (Å²) in [5.74, 6) is 0.0225. The Labute approximate surface area is 92.8 Å². The van der Waals surface area contributed by atoms with Crippen LogP contribution in [-0.2, 0) is 4.79 Å². The van der Waals surface area contributed by atoms with E-state index in [1.807, 2.05) is 6.92 Å². The number of esters is 1. The highest BCUT2D eigenvalue weighted by molar-refractivity contribution is 6.34. The van der Waals surface area contributed by atoms with Crippen LogP contribution in [0, 0.1) is 0 Å². The van der Waals surface area contributed by atoms with E-state index in [4.69, 9.17) is 27.9 Å². The minimum absolute atomic E-state index is 0.295. The van der Waals surface area contributed by atoms with Crippen LogP contribution in [0.15, 0.2) is 18.2 Å². The van der Waals surface area contributed by atoms with Gasteiger partial charge >= 0.3 is 5.97 Å². The molecule has 0 radical (unpaired) electrons. The molecule has 1 aromatic carbocycles. The lowest BCUT2D eigenvalue weighted by Crippen LogP contribution is -2.07. The van der Waals surface area contributed by atoms with Crippen LogP contribution in [0.3, 0.4) is 0 Å². The van der Waals surface area contributed by atoms with Gasteiger partial charge in [0.25, 0.3) is 0 Å². The lowest BCUT2D eigenvalue weighted by molar-refractivity contribution is -0.134. The lowest BCUT2D eigenvalue weighted by Gasteiger charge is -2.05. The zero-order valence-electron chi connectivity index (χ0n) is 7.72. The van der Waals surface area contributed by atoms with Gasteiger partial charge in [-0.2, -0.15) is 0 Å². The molecule has 0 amide bonds. The molecule has 2 nitrogen and oxygen atoms in total. The van der Waals surface area contributed by atoms with Crippen molar-refractivity contribution in [1.82, 2.24) is 0 Å². The van der Waals surface area contributed by atoms with Crippen molar-refractivity contribution in [2.75, 3.05) is 0 Å². The number of carbonyl (C=O) groups is 1. The second-order valence-electron chi connectivity index (χ2n) is 2.80. The molecule has 0 N–H and O–H groups in total. The molecule has 76 valence electrons. The summed E-state index contributed by atoms with van der Waals surface area (Å²) in [6.45, 7) is 1.90. The van der Waals surface area contributed by atoms with E-state index in [0.717, 1.165) is 6.42 Å². The molecule has 0 aliphatic rings. The number of ether oxygens (including phenoxy) is 1. The molecule has 0 unspecified atom stereocenters. The van der Waals surface area contributed by atoms with Gasteiger partial charge in [0.15, 0.2) is 5.75 Å². The van der Waals surface area contributed by atoms with Gasteiger partial charge < -0.3 is 4.74 Å². The first-order valence-corrected chi connectivity index (χ1v) is 5.04. The first kappa shape index (κ1) is 11.3. The first-order chi connectivity index (χ1) is 6.63. The number of benzene rings is 1. The molecule has 1 rings (SSSR count). The van der Waals surface area contributed by atoms with Crippen molar-refractivity contribution >= 4 is 29.2 Å². The van der Waals surface area contributed by atoms with Crippen molar-refractivity contribution in [3.05, 3.63) is 28.2 Å². The summed E-state index contributed by atoms with van der Waals surface area (Å²) in [7, 11) is 0. The molecule has 0 aliphatic carbocycles. The highest BCUT2D eigenvalue weighted by Crippen LogP contribution is 2.27. The Morgan fingerprint density at radius 3 is 2.79 bits per heavy atom. The number of hydrogen-bond donors (Lipinski definition) is 0. The molecule has 0 bridgehead atoms. The summed E-state index contributed by atoms with van der Waals surface area (Å²) in [4.78, 5) is 11.2. The van der Waals surface area contributed by atoms with E-state index in [-0.39, 0.29) is 5.97 Å². The fraction of sp³-hybridized carbons (Fsp3) is 0.300. The third-order valence-corrected chi connectivity index (χ3v) is 2.12. The topological polar surface area (TPSA) is 26.3 Å². The van der Waals surface area contributed by atoms with Crippen LogP contribution >= 0.6 is 23.2 Å². The fourth-order valence-electron chi connectivity index (χ4n) is 0.933. The minimum Gasteiger partial charge on any atom is -0.425 e. The van der Waals surface area contributed by atoms with Gasteiger partial charge in [-0.25, -0.2) is 0 Å². The van der Waals surface area contributed by atoms with Gasteiger partial charge in [-0.1, -0.05) is 30.1 Å². The summed E-state index contributed by atoms with van der Waals surface area (Å²) in [5.41, 5.74) is 0. The summed E-state index contributed by atoms with van der Waals surface area (Å²) in [6, 6.07) is 4.76. The molecule has 0 atom stereocenters. The highest BCUT2D eigenvalue weighted by Gasteiger charge is 2.07. The number of rotatable bonds is 3. The highest BCUT2D eigenvalue weighted by atomic mass is 35.5. The van der Waals surface area contributed by atoms with Crippen molar-refractivity contribution in [3.8, 4) is 5.75 Å². The zero-order chi connectivity index (χ0) is 10.6. The number of carbonyl (C=O) groups excluding carboxylic acids is 1. The van der Waals surface area contributed by atoms with Gasteiger partial charge in [0.2, 0.25) is 0 Å². The number of hydrogen-bond acceptors (Lipinski definition) is 2. The van der Waals surface area contributed by atoms with Crippen molar-refractivity contribution < 1.29 is 9.53 Å². The Morgan fingerprint density at radius 1 is 1.43 bits per heavy atom. The van der Waals surface area contributed by atoms with E-state index in [2.05, 4.69) is 0 Å². The Kier molecular flexibility index (Phi) is 4.23. The zero-order valence-corrected chi connectivity index (χ0v) is 9.23. The fourth-order valence-corrected chi connectivity index (χ4v) is 1.25. The molecular formula is C10H10Cl2O2. The van der Waals surface area contributed by atoms with Gasteiger partial charge in [-0.3, -0.25) is 4.79 Å². The molecule has 1 aromatic rings. The number of halogens is 2. The summed E-state index contributed by atoms with van der Waals surface area (Å²) < 4.78 is 5.01. The van der Waals surface area contributed by atoms with Gasteiger partial charge in [0, 0.05) is 17.5 Å². The molecule has 4 heteroatoms. The van der Waals surface area contributed by atoms with Gasteiger partial charge in [-0.05, 0) is 18.6 Å². The van der Waals surface area contributed by atoms with Crippen LogP contribution < -0.4 is 4.74 Å². The van der Waals surface area contributed by atoms with E-state index >= 15 is 0 Å². The van der Waals surface area contributed by atoms with Crippen LogP contribution in [0.1, 0.15) is 19.8 Å².